The fraction of sp³-hybridized carbons (Fsp3) is 0.320. The molecule has 2 aliphatic rings. The summed E-state index contributed by atoms with van der Waals surface area (Å²) in [6, 6.07) is 8.03. The van der Waals surface area contributed by atoms with Crippen molar-refractivity contribution in [2.75, 3.05) is 43.4 Å². The molecule has 0 unspecified atom stereocenters. The van der Waals surface area contributed by atoms with E-state index in [-0.39, 0.29) is 0 Å². The van der Waals surface area contributed by atoms with Crippen LogP contribution in [-0.2, 0) is 0 Å². The van der Waals surface area contributed by atoms with Crippen molar-refractivity contribution in [1.29, 1.82) is 0 Å². The number of aromatic amines is 1. The summed E-state index contributed by atoms with van der Waals surface area (Å²) >= 11 is 0. The molecular weight excluding hydrogens is 440 g/mol. The highest BCUT2D eigenvalue weighted by atomic mass is 15.3. The van der Waals surface area contributed by atoms with Gasteiger partial charge in [0.15, 0.2) is 5.65 Å². The van der Waals surface area contributed by atoms with E-state index in [0.717, 1.165) is 65.8 Å². The number of pyridine rings is 1. The molecule has 0 aromatic carbocycles. The number of H-pyrrole nitrogens is 1. The molecule has 7 rings (SSSR count). The Kier molecular flexibility index (Phi) is 4.66. The van der Waals surface area contributed by atoms with Gasteiger partial charge in [-0.2, -0.15) is 10.1 Å². The van der Waals surface area contributed by atoms with Crippen LogP contribution in [0.3, 0.4) is 0 Å². The fourth-order valence-corrected chi connectivity index (χ4v) is 4.70. The van der Waals surface area contributed by atoms with Crippen LogP contribution in [0.1, 0.15) is 24.3 Å². The van der Waals surface area contributed by atoms with Crippen LogP contribution in [0.25, 0.3) is 28.1 Å². The molecule has 0 atom stereocenters. The molecule has 0 radical (unpaired) electrons. The van der Waals surface area contributed by atoms with Crippen molar-refractivity contribution in [3.05, 3.63) is 54.6 Å². The van der Waals surface area contributed by atoms with Crippen LogP contribution in [0.4, 0.5) is 17.5 Å². The van der Waals surface area contributed by atoms with Gasteiger partial charge in [0.1, 0.15) is 17.2 Å². The average Bonchev–Trinajstić information content (AvgIpc) is 3.46. The summed E-state index contributed by atoms with van der Waals surface area (Å²) in [6.07, 6.45) is 10.0. The van der Waals surface area contributed by atoms with Crippen LogP contribution in [-0.4, -0.2) is 72.7 Å². The number of aromatic nitrogens is 7. The third-order valence-electron chi connectivity index (χ3n) is 6.90. The predicted octanol–water partition coefficient (Wildman–Crippen LogP) is 3.44. The first kappa shape index (κ1) is 20.3. The SMILES string of the molecule is CN1CCN(c2ccc(Nc3nc(-c4ccn5ncc(C6CC6)c5n4)c4cc[nH]c4n3)cn2)CC1. The van der Waals surface area contributed by atoms with E-state index < -0.39 is 0 Å². The molecule has 5 aromatic rings. The summed E-state index contributed by atoms with van der Waals surface area (Å²) in [4.78, 5) is 27.1. The number of nitrogens with one attached hydrogen (secondary N) is 2. The first-order chi connectivity index (χ1) is 17.2. The van der Waals surface area contributed by atoms with Gasteiger partial charge < -0.3 is 20.1 Å². The largest absolute Gasteiger partial charge is 0.354 e. The van der Waals surface area contributed by atoms with Gasteiger partial charge in [0.05, 0.1) is 23.8 Å². The minimum atomic E-state index is 0.502. The van der Waals surface area contributed by atoms with Crippen molar-refractivity contribution >= 4 is 34.1 Å². The summed E-state index contributed by atoms with van der Waals surface area (Å²) in [6.45, 7) is 4.08. The van der Waals surface area contributed by atoms with Gasteiger partial charge in [0.25, 0.3) is 0 Å². The Labute approximate surface area is 202 Å². The summed E-state index contributed by atoms with van der Waals surface area (Å²) in [5, 5.41) is 8.74. The van der Waals surface area contributed by atoms with Crippen molar-refractivity contribution in [3.63, 3.8) is 0 Å². The lowest BCUT2D eigenvalue weighted by atomic mass is 10.2. The number of nitrogens with zero attached hydrogens (tertiary/aromatic N) is 8. The number of likely N-dealkylation sites (N-methyl/N-ethyl adjacent to an activating group) is 1. The average molecular weight is 467 g/mol. The fourth-order valence-electron chi connectivity index (χ4n) is 4.70. The third kappa shape index (κ3) is 3.75. The second-order valence-electron chi connectivity index (χ2n) is 9.41. The van der Waals surface area contributed by atoms with E-state index in [4.69, 9.17) is 9.97 Å². The number of piperazine rings is 1. The monoisotopic (exact) mass is 466 g/mol. The minimum absolute atomic E-state index is 0.502. The smallest absolute Gasteiger partial charge is 0.229 e. The predicted molar refractivity (Wildman–Crippen MR) is 135 cm³/mol. The van der Waals surface area contributed by atoms with E-state index in [1.54, 1.807) is 0 Å². The minimum Gasteiger partial charge on any atom is -0.354 e. The number of anilines is 3. The Morgan fingerprint density at radius 3 is 2.66 bits per heavy atom. The maximum atomic E-state index is 4.96. The van der Waals surface area contributed by atoms with Gasteiger partial charge in [-0.3, -0.25) is 0 Å². The van der Waals surface area contributed by atoms with E-state index in [1.165, 1.54) is 18.4 Å². The zero-order chi connectivity index (χ0) is 23.4. The van der Waals surface area contributed by atoms with E-state index in [0.29, 0.717) is 11.9 Å². The highest BCUT2D eigenvalue weighted by Crippen LogP contribution is 2.41. The number of rotatable bonds is 5. The van der Waals surface area contributed by atoms with Gasteiger partial charge in [-0.05, 0) is 50.1 Å². The molecule has 1 aliphatic heterocycles. The molecule has 1 saturated carbocycles. The van der Waals surface area contributed by atoms with Gasteiger partial charge in [-0.15, -0.1) is 0 Å². The van der Waals surface area contributed by atoms with Gasteiger partial charge in [-0.25, -0.2) is 19.5 Å². The molecule has 0 amide bonds. The van der Waals surface area contributed by atoms with Crippen LogP contribution < -0.4 is 10.2 Å². The molecule has 35 heavy (non-hydrogen) atoms. The first-order valence-corrected chi connectivity index (χ1v) is 12.1. The number of fused-ring (bicyclic) bond motifs is 2. The molecule has 10 heteroatoms. The van der Waals surface area contributed by atoms with E-state index >= 15 is 0 Å². The van der Waals surface area contributed by atoms with Gasteiger partial charge in [0.2, 0.25) is 5.95 Å². The highest BCUT2D eigenvalue weighted by molar-refractivity contribution is 5.91. The lowest BCUT2D eigenvalue weighted by Gasteiger charge is -2.33. The van der Waals surface area contributed by atoms with E-state index in [1.807, 2.05) is 47.5 Å². The van der Waals surface area contributed by atoms with Crippen LogP contribution in [0.15, 0.2) is 49.1 Å². The Morgan fingerprint density at radius 2 is 1.86 bits per heavy atom. The topological polar surface area (TPSA) is 103 Å². The molecule has 176 valence electrons. The molecule has 0 spiro atoms. The standard InChI is InChI=1S/C25H26N10/c1-33-10-12-34(13-11-33)21-5-4-17(14-27-21)29-25-31-22(18-6-8-26-23(18)32-25)20-7-9-35-24(30-20)19(15-28-35)16-2-3-16/h4-9,14-16H,2-3,10-13H2,1H3,(H2,26,29,31,32). The lowest BCUT2D eigenvalue weighted by Crippen LogP contribution is -2.44. The second-order valence-corrected chi connectivity index (χ2v) is 9.41. The third-order valence-corrected chi connectivity index (χ3v) is 6.90. The highest BCUT2D eigenvalue weighted by Gasteiger charge is 2.28. The maximum Gasteiger partial charge on any atom is 0.229 e. The van der Waals surface area contributed by atoms with Crippen molar-refractivity contribution in [2.45, 2.75) is 18.8 Å². The Bertz CT molecular complexity index is 1510. The van der Waals surface area contributed by atoms with Crippen molar-refractivity contribution in [1.82, 2.24) is 39.4 Å². The summed E-state index contributed by atoms with van der Waals surface area (Å²) in [7, 11) is 2.15. The van der Waals surface area contributed by atoms with Gasteiger partial charge >= 0.3 is 0 Å². The molecule has 1 saturated heterocycles. The molecule has 5 aromatic heterocycles. The first-order valence-electron chi connectivity index (χ1n) is 12.1. The summed E-state index contributed by atoms with van der Waals surface area (Å²) in [5.74, 6) is 2.07. The molecule has 1 aliphatic carbocycles. The number of hydrogen-bond donors (Lipinski definition) is 2. The van der Waals surface area contributed by atoms with Crippen molar-refractivity contribution in [2.24, 2.45) is 0 Å². The quantitative estimate of drug-likeness (QED) is 0.406. The van der Waals surface area contributed by atoms with E-state index in [9.17, 15) is 0 Å². The summed E-state index contributed by atoms with van der Waals surface area (Å²) < 4.78 is 1.85. The maximum absolute atomic E-state index is 4.96. The molecule has 0 bridgehead atoms. The van der Waals surface area contributed by atoms with Crippen LogP contribution in [0, 0.1) is 0 Å². The van der Waals surface area contributed by atoms with Crippen LogP contribution >= 0.6 is 0 Å². The normalized spacial score (nSPS) is 16.9. The molecule has 2 N–H and O–H groups in total. The summed E-state index contributed by atoms with van der Waals surface area (Å²) in [5.41, 5.74) is 5.32. The van der Waals surface area contributed by atoms with Crippen molar-refractivity contribution in [3.8, 4) is 11.4 Å². The lowest BCUT2D eigenvalue weighted by molar-refractivity contribution is 0.312. The molecule has 10 nitrogen and oxygen atoms in total. The molecule has 2 fully saturated rings. The van der Waals surface area contributed by atoms with Gasteiger partial charge in [-0.1, -0.05) is 0 Å². The molecular formula is C25H26N10. The van der Waals surface area contributed by atoms with Crippen LogP contribution in [0.5, 0.6) is 0 Å². The van der Waals surface area contributed by atoms with E-state index in [2.05, 4.69) is 48.3 Å². The van der Waals surface area contributed by atoms with Gasteiger partial charge in [0, 0.05) is 49.5 Å². The van der Waals surface area contributed by atoms with Crippen molar-refractivity contribution < 1.29 is 0 Å². The van der Waals surface area contributed by atoms with Crippen LogP contribution in [0.2, 0.25) is 0 Å². The Hall–Kier alpha value is -4.05. The second kappa shape index (κ2) is 8.02. The Balaban J connectivity index is 1.20. The number of hydrogen-bond acceptors (Lipinski definition) is 8. The zero-order valence-corrected chi connectivity index (χ0v) is 19.5. The zero-order valence-electron chi connectivity index (χ0n) is 19.5. The Morgan fingerprint density at radius 1 is 0.971 bits per heavy atom. The molecule has 6 heterocycles.